The van der Waals surface area contributed by atoms with Gasteiger partial charge in [0.05, 0.1) is 0 Å². The van der Waals surface area contributed by atoms with E-state index in [9.17, 15) is 0 Å². The number of aliphatic imine (C=N–C) groups is 2. The van der Waals surface area contributed by atoms with Gasteiger partial charge in [-0.25, -0.2) is 15.0 Å². The molecule has 0 aliphatic carbocycles. The molecule has 1 aromatic carbocycles. The fourth-order valence-corrected chi connectivity index (χ4v) is 1.25. The maximum Gasteiger partial charge on any atom is 0.154 e. The highest BCUT2D eigenvalue weighted by Gasteiger charge is 1.92. The van der Waals surface area contributed by atoms with Gasteiger partial charge in [-0.05, 0) is 24.4 Å². The molecule has 78 valence electrons. The molecule has 16 heavy (non-hydrogen) atoms. The van der Waals surface area contributed by atoms with E-state index in [2.05, 4.69) is 21.7 Å². The molecule has 3 nitrogen and oxygen atoms in total. The van der Waals surface area contributed by atoms with E-state index in [-0.39, 0.29) is 0 Å². The van der Waals surface area contributed by atoms with Gasteiger partial charge in [-0.1, -0.05) is 36.4 Å². The van der Waals surface area contributed by atoms with Crippen molar-refractivity contribution in [1.29, 1.82) is 0 Å². The summed E-state index contributed by atoms with van der Waals surface area (Å²) in [4.78, 5) is 12.2. The zero-order chi connectivity index (χ0) is 11.2. The SMILES string of the molecule is C=Nc1cccc(/N=C/c2ccccc2)n1. The summed E-state index contributed by atoms with van der Waals surface area (Å²) in [6.45, 7) is 3.43. The molecule has 2 rings (SSSR count). The van der Waals surface area contributed by atoms with E-state index in [4.69, 9.17) is 0 Å². The lowest BCUT2D eigenvalue weighted by molar-refractivity contribution is 1.25. The number of nitrogens with zero attached hydrogens (tertiary/aromatic N) is 3. The largest absolute Gasteiger partial charge is 0.245 e. The number of pyridine rings is 1. The highest BCUT2D eigenvalue weighted by molar-refractivity contribution is 5.81. The van der Waals surface area contributed by atoms with Gasteiger partial charge in [0.15, 0.2) is 11.6 Å². The van der Waals surface area contributed by atoms with Gasteiger partial charge in [-0.15, -0.1) is 0 Å². The van der Waals surface area contributed by atoms with E-state index >= 15 is 0 Å². The van der Waals surface area contributed by atoms with Crippen LogP contribution in [0.1, 0.15) is 5.56 Å². The molecule has 0 radical (unpaired) electrons. The molecule has 0 aliphatic heterocycles. The van der Waals surface area contributed by atoms with E-state index in [1.807, 2.05) is 42.5 Å². The number of rotatable bonds is 3. The molecule has 0 amide bonds. The third-order valence-electron chi connectivity index (χ3n) is 2.03. The Kier molecular flexibility index (Phi) is 3.18. The summed E-state index contributed by atoms with van der Waals surface area (Å²) in [5, 5.41) is 0. The van der Waals surface area contributed by atoms with Crippen molar-refractivity contribution in [3.05, 3.63) is 54.1 Å². The predicted molar refractivity (Wildman–Crippen MR) is 67.1 cm³/mol. The first-order chi connectivity index (χ1) is 7.88. The molecule has 0 atom stereocenters. The van der Waals surface area contributed by atoms with Crippen LogP contribution in [0.25, 0.3) is 0 Å². The molecule has 0 saturated heterocycles. The van der Waals surface area contributed by atoms with E-state index in [1.165, 1.54) is 0 Å². The Labute approximate surface area is 94.2 Å². The Morgan fingerprint density at radius 3 is 2.44 bits per heavy atom. The summed E-state index contributed by atoms with van der Waals surface area (Å²) < 4.78 is 0. The van der Waals surface area contributed by atoms with Crippen molar-refractivity contribution in [3.8, 4) is 0 Å². The van der Waals surface area contributed by atoms with Gasteiger partial charge in [-0.3, -0.25) is 0 Å². The van der Waals surface area contributed by atoms with E-state index < -0.39 is 0 Å². The lowest BCUT2D eigenvalue weighted by Crippen LogP contribution is -1.79. The fourth-order valence-electron chi connectivity index (χ4n) is 1.25. The lowest BCUT2D eigenvalue weighted by atomic mass is 10.2. The first kappa shape index (κ1) is 10.2. The summed E-state index contributed by atoms with van der Waals surface area (Å²) in [5.41, 5.74) is 1.04. The van der Waals surface area contributed by atoms with Crippen molar-refractivity contribution < 1.29 is 0 Å². The number of hydrogen-bond acceptors (Lipinski definition) is 3. The maximum atomic E-state index is 4.26. The minimum Gasteiger partial charge on any atom is -0.245 e. The Bertz CT molecular complexity index is 504. The predicted octanol–water partition coefficient (Wildman–Crippen LogP) is 3.16. The smallest absolute Gasteiger partial charge is 0.154 e. The molecular weight excluding hydrogens is 198 g/mol. The van der Waals surface area contributed by atoms with Gasteiger partial charge in [0.25, 0.3) is 0 Å². The molecular formula is C13H11N3. The van der Waals surface area contributed by atoms with Crippen LogP contribution >= 0.6 is 0 Å². The Morgan fingerprint density at radius 2 is 1.69 bits per heavy atom. The summed E-state index contributed by atoms with van der Waals surface area (Å²) in [7, 11) is 0. The molecule has 1 heterocycles. The maximum absolute atomic E-state index is 4.26. The van der Waals surface area contributed by atoms with Crippen LogP contribution in [0.4, 0.5) is 11.6 Å². The lowest BCUT2D eigenvalue weighted by Gasteiger charge is -1.94. The zero-order valence-electron chi connectivity index (χ0n) is 8.74. The van der Waals surface area contributed by atoms with Crippen molar-refractivity contribution in [1.82, 2.24) is 4.98 Å². The van der Waals surface area contributed by atoms with Crippen LogP contribution in [-0.4, -0.2) is 17.9 Å². The minimum absolute atomic E-state index is 0.586. The van der Waals surface area contributed by atoms with E-state index in [0.29, 0.717) is 11.6 Å². The highest BCUT2D eigenvalue weighted by atomic mass is 15.0. The summed E-state index contributed by atoms with van der Waals surface area (Å²) in [6, 6.07) is 15.3. The molecule has 0 N–H and O–H groups in total. The van der Waals surface area contributed by atoms with Gasteiger partial charge < -0.3 is 0 Å². The van der Waals surface area contributed by atoms with Crippen LogP contribution in [-0.2, 0) is 0 Å². The Morgan fingerprint density at radius 1 is 0.938 bits per heavy atom. The number of hydrogen-bond donors (Lipinski definition) is 0. The van der Waals surface area contributed by atoms with Crippen LogP contribution in [0.3, 0.4) is 0 Å². The first-order valence-corrected chi connectivity index (χ1v) is 4.91. The fraction of sp³-hybridized carbons (Fsp3) is 0. The number of benzene rings is 1. The van der Waals surface area contributed by atoms with Crippen LogP contribution in [0.2, 0.25) is 0 Å². The average molecular weight is 209 g/mol. The van der Waals surface area contributed by atoms with Gasteiger partial charge >= 0.3 is 0 Å². The Hall–Kier alpha value is -2.29. The average Bonchev–Trinajstić information content (AvgIpc) is 2.38. The molecule has 3 heteroatoms. The topological polar surface area (TPSA) is 37.6 Å². The number of aromatic nitrogens is 1. The summed E-state index contributed by atoms with van der Waals surface area (Å²) in [5.74, 6) is 1.22. The van der Waals surface area contributed by atoms with Gasteiger partial charge in [0.2, 0.25) is 0 Å². The van der Waals surface area contributed by atoms with Gasteiger partial charge in [0.1, 0.15) is 0 Å². The molecule has 2 aromatic rings. The Balaban J connectivity index is 2.20. The highest BCUT2D eigenvalue weighted by Crippen LogP contribution is 2.13. The molecule has 0 bridgehead atoms. The van der Waals surface area contributed by atoms with Crippen molar-refractivity contribution in [2.45, 2.75) is 0 Å². The van der Waals surface area contributed by atoms with Gasteiger partial charge in [0, 0.05) is 6.21 Å². The van der Waals surface area contributed by atoms with Crippen LogP contribution < -0.4 is 0 Å². The third kappa shape index (κ3) is 2.60. The summed E-state index contributed by atoms with van der Waals surface area (Å²) >= 11 is 0. The monoisotopic (exact) mass is 209 g/mol. The molecule has 0 unspecified atom stereocenters. The molecule has 0 saturated carbocycles. The molecule has 0 aliphatic rings. The minimum atomic E-state index is 0.586. The first-order valence-electron chi connectivity index (χ1n) is 4.91. The quantitative estimate of drug-likeness (QED) is 0.715. The molecule has 0 fully saturated rings. The molecule has 1 aromatic heterocycles. The normalized spacial score (nSPS) is 10.5. The van der Waals surface area contributed by atoms with Crippen molar-refractivity contribution in [2.75, 3.05) is 0 Å². The second-order valence-electron chi connectivity index (χ2n) is 3.18. The summed E-state index contributed by atoms with van der Waals surface area (Å²) in [6.07, 6.45) is 1.77. The van der Waals surface area contributed by atoms with Crippen LogP contribution in [0.5, 0.6) is 0 Å². The van der Waals surface area contributed by atoms with Crippen molar-refractivity contribution >= 4 is 24.6 Å². The third-order valence-corrected chi connectivity index (χ3v) is 2.03. The zero-order valence-corrected chi connectivity index (χ0v) is 8.74. The van der Waals surface area contributed by atoms with Gasteiger partial charge in [-0.2, -0.15) is 0 Å². The van der Waals surface area contributed by atoms with E-state index in [1.54, 1.807) is 12.3 Å². The van der Waals surface area contributed by atoms with Crippen LogP contribution in [0.15, 0.2) is 58.5 Å². The standard InChI is InChI=1S/C13H11N3/c1-14-12-8-5-9-13(16-12)15-10-11-6-3-2-4-7-11/h2-10H,1H2/b15-10+. The van der Waals surface area contributed by atoms with E-state index in [0.717, 1.165) is 5.56 Å². The molecule has 0 spiro atoms. The second-order valence-corrected chi connectivity index (χ2v) is 3.18. The van der Waals surface area contributed by atoms with Crippen molar-refractivity contribution in [2.24, 2.45) is 9.98 Å². The van der Waals surface area contributed by atoms with Crippen LogP contribution in [0, 0.1) is 0 Å². The second kappa shape index (κ2) is 4.98. The van der Waals surface area contributed by atoms with Crippen molar-refractivity contribution in [3.63, 3.8) is 0 Å².